The van der Waals surface area contributed by atoms with Gasteiger partial charge in [0.1, 0.15) is 5.54 Å². The molecule has 0 amide bonds. The molecule has 6 nitrogen and oxygen atoms in total. The minimum atomic E-state index is -1.36. The quantitative estimate of drug-likeness (QED) is 0.402. The number of carbonyl (C=O) groups is 1. The lowest BCUT2D eigenvalue weighted by atomic mass is 9.70. The Morgan fingerprint density at radius 3 is 2.68 bits per heavy atom. The summed E-state index contributed by atoms with van der Waals surface area (Å²) in [7, 11) is -1.36. The number of nitrogens with two attached hydrogens (primary N) is 1. The van der Waals surface area contributed by atoms with Gasteiger partial charge in [-0.05, 0) is 70.4 Å². The molecule has 0 bridgehead atoms. The van der Waals surface area contributed by atoms with E-state index in [1.54, 1.807) is 0 Å². The van der Waals surface area contributed by atoms with Crippen LogP contribution in [-0.2, 0) is 4.79 Å². The van der Waals surface area contributed by atoms with E-state index in [0.29, 0.717) is 19.3 Å². The van der Waals surface area contributed by atoms with Gasteiger partial charge in [-0.25, -0.2) is 0 Å². The highest BCUT2D eigenvalue weighted by Gasteiger charge is 2.44. The molecule has 0 aromatic carbocycles. The maximum Gasteiger partial charge on any atom is 0.451 e. The van der Waals surface area contributed by atoms with Gasteiger partial charge in [0.05, 0.1) is 0 Å². The first-order valence-corrected chi connectivity index (χ1v) is 8.20. The molecular weight excluding hydrogens is 283 g/mol. The van der Waals surface area contributed by atoms with Crippen LogP contribution in [0.1, 0.15) is 38.5 Å². The zero-order valence-electron chi connectivity index (χ0n) is 13.1. The SMILES string of the molecule is NC1(C(=O)O)CC(CCB(O)O)=CCC1CCN1CCCC1. The van der Waals surface area contributed by atoms with Gasteiger partial charge in [0, 0.05) is 0 Å². The van der Waals surface area contributed by atoms with Gasteiger partial charge in [0.2, 0.25) is 0 Å². The summed E-state index contributed by atoms with van der Waals surface area (Å²) in [6, 6.07) is 0. The first kappa shape index (κ1) is 17.5. The van der Waals surface area contributed by atoms with Crippen molar-refractivity contribution in [2.75, 3.05) is 19.6 Å². The number of aliphatic carboxylic acids is 1. The number of carboxylic acids is 1. The molecule has 22 heavy (non-hydrogen) atoms. The van der Waals surface area contributed by atoms with Gasteiger partial charge in [0.15, 0.2) is 0 Å². The number of allylic oxidation sites excluding steroid dienone is 1. The second-order valence-electron chi connectivity index (χ2n) is 6.67. The summed E-state index contributed by atoms with van der Waals surface area (Å²) in [5.41, 5.74) is 5.94. The summed E-state index contributed by atoms with van der Waals surface area (Å²) in [6.45, 7) is 3.12. The van der Waals surface area contributed by atoms with Crippen LogP contribution in [0.25, 0.3) is 0 Å². The number of nitrogens with zero attached hydrogens (tertiary/aromatic N) is 1. The van der Waals surface area contributed by atoms with Crippen molar-refractivity contribution < 1.29 is 19.9 Å². The fraction of sp³-hybridized carbons (Fsp3) is 0.800. The Bertz CT molecular complexity index is 424. The highest BCUT2D eigenvalue weighted by Crippen LogP contribution is 2.36. The van der Waals surface area contributed by atoms with Gasteiger partial charge in [0.25, 0.3) is 0 Å². The Hall–Kier alpha value is -0.885. The predicted molar refractivity (Wildman–Crippen MR) is 85.3 cm³/mol. The number of hydrogen-bond donors (Lipinski definition) is 4. The molecule has 5 N–H and O–H groups in total. The molecule has 2 aliphatic rings. The van der Waals surface area contributed by atoms with Crippen LogP contribution in [0.15, 0.2) is 11.6 Å². The third-order valence-electron chi connectivity index (χ3n) is 5.05. The first-order chi connectivity index (χ1) is 10.4. The molecule has 1 aliphatic carbocycles. The van der Waals surface area contributed by atoms with Crippen LogP contribution >= 0.6 is 0 Å². The third-order valence-corrected chi connectivity index (χ3v) is 5.05. The second-order valence-corrected chi connectivity index (χ2v) is 6.67. The molecule has 1 saturated heterocycles. The van der Waals surface area contributed by atoms with E-state index >= 15 is 0 Å². The van der Waals surface area contributed by atoms with Crippen LogP contribution in [-0.4, -0.2) is 58.3 Å². The van der Waals surface area contributed by atoms with Crippen LogP contribution in [0.5, 0.6) is 0 Å². The smallest absolute Gasteiger partial charge is 0.451 e. The van der Waals surface area contributed by atoms with Crippen molar-refractivity contribution in [3.05, 3.63) is 11.6 Å². The summed E-state index contributed by atoms with van der Waals surface area (Å²) < 4.78 is 0. The van der Waals surface area contributed by atoms with E-state index in [9.17, 15) is 9.90 Å². The van der Waals surface area contributed by atoms with Crippen molar-refractivity contribution in [1.82, 2.24) is 4.90 Å². The zero-order valence-corrected chi connectivity index (χ0v) is 13.1. The molecule has 0 spiro atoms. The van der Waals surface area contributed by atoms with Crippen molar-refractivity contribution >= 4 is 13.1 Å². The minimum absolute atomic E-state index is 0.0617. The minimum Gasteiger partial charge on any atom is -0.480 e. The fourth-order valence-corrected chi connectivity index (χ4v) is 3.59. The van der Waals surface area contributed by atoms with Gasteiger partial charge >= 0.3 is 13.1 Å². The Labute approximate surface area is 132 Å². The van der Waals surface area contributed by atoms with Gasteiger partial charge in [-0.15, -0.1) is 0 Å². The normalized spacial score (nSPS) is 29.4. The number of carboxylic acid groups (broad SMARTS) is 1. The van der Waals surface area contributed by atoms with Crippen LogP contribution in [0.3, 0.4) is 0 Å². The molecule has 0 radical (unpaired) electrons. The van der Waals surface area contributed by atoms with Crippen LogP contribution < -0.4 is 5.73 Å². The largest absolute Gasteiger partial charge is 0.480 e. The maximum atomic E-state index is 11.7. The Morgan fingerprint density at radius 1 is 1.41 bits per heavy atom. The summed E-state index contributed by atoms with van der Waals surface area (Å²) >= 11 is 0. The van der Waals surface area contributed by atoms with Crippen LogP contribution in [0.4, 0.5) is 0 Å². The average molecular weight is 310 g/mol. The molecule has 1 heterocycles. The van der Waals surface area contributed by atoms with Gasteiger partial charge in [-0.1, -0.05) is 11.6 Å². The summed E-state index contributed by atoms with van der Waals surface area (Å²) in [5, 5.41) is 27.5. The Balaban J connectivity index is 1.96. The number of rotatable bonds is 7. The van der Waals surface area contributed by atoms with E-state index in [1.807, 2.05) is 6.08 Å². The van der Waals surface area contributed by atoms with E-state index in [4.69, 9.17) is 15.8 Å². The standard InChI is InChI=1S/C15H27BN2O4/c17-15(14(19)20)11-12(5-7-16(21)22)3-4-13(15)6-10-18-8-1-2-9-18/h3,13,21-22H,1-2,4-11,17H2,(H,19,20). The average Bonchev–Trinajstić information content (AvgIpc) is 2.97. The fourth-order valence-electron chi connectivity index (χ4n) is 3.59. The lowest BCUT2D eigenvalue weighted by molar-refractivity contribution is -0.146. The third kappa shape index (κ3) is 4.32. The molecule has 2 rings (SSSR count). The summed E-state index contributed by atoms with van der Waals surface area (Å²) in [4.78, 5) is 14.1. The first-order valence-electron chi connectivity index (χ1n) is 8.20. The lowest BCUT2D eigenvalue weighted by Crippen LogP contribution is -2.56. The second kappa shape index (κ2) is 7.59. The lowest BCUT2D eigenvalue weighted by Gasteiger charge is -2.38. The van der Waals surface area contributed by atoms with E-state index in [0.717, 1.165) is 31.6 Å². The van der Waals surface area contributed by atoms with Crippen molar-refractivity contribution in [3.8, 4) is 0 Å². The van der Waals surface area contributed by atoms with Crippen molar-refractivity contribution in [2.24, 2.45) is 11.7 Å². The summed E-state index contributed by atoms with van der Waals surface area (Å²) in [5.74, 6) is -1.01. The molecule has 7 heteroatoms. The zero-order chi connectivity index (χ0) is 16.2. The van der Waals surface area contributed by atoms with Crippen molar-refractivity contribution in [1.29, 1.82) is 0 Å². The van der Waals surface area contributed by atoms with E-state index in [1.165, 1.54) is 12.8 Å². The van der Waals surface area contributed by atoms with Crippen LogP contribution in [0.2, 0.25) is 6.32 Å². The topological polar surface area (TPSA) is 107 Å². The Morgan fingerprint density at radius 2 is 2.09 bits per heavy atom. The van der Waals surface area contributed by atoms with Gasteiger partial charge < -0.3 is 25.8 Å². The van der Waals surface area contributed by atoms with E-state index < -0.39 is 18.6 Å². The highest BCUT2D eigenvalue weighted by molar-refractivity contribution is 6.41. The van der Waals surface area contributed by atoms with Gasteiger partial charge in [-0.3, -0.25) is 4.79 Å². The van der Waals surface area contributed by atoms with E-state index in [2.05, 4.69) is 4.90 Å². The molecule has 2 atom stereocenters. The maximum absolute atomic E-state index is 11.7. The van der Waals surface area contributed by atoms with Gasteiger partial charge in [-0.2, -0.15) is 0 Å². The monoisotopic (exact) mass is 310 g/mol. The molecule has 124 valence electrons. The highest BCUT2D eigenvalue weighted by atomic mass is 16.4. The molecule has 1 aliphatic heterocycles. The van der Waals surface area contributed by atoms with Crippen LogP contribution in [0, 0.1) is 5.92 Å². The predicted octanol–water partition coefficient (Wildman–Crippen LogP) is 0.454. The Kier molecular flexibility index (Phi) is 6.03. The number of hydrogen-bond acceptors (Lipinski definition) is 5. The molecule has 1 fully saturated rings. The molecule has 0 saturated carbocycles. The van der Waals surface area contributed by atoms with Crippen molar-refractivity contribution in [3.63, 3.8) is 0 Å². The number of likely N-dealkylation sites (tertiary alicyclic amines) is 1. The molecule has 0 aromatic rings. The summed E-state index contributed by atoms with van der Waals surface area (Å²) in [6.07, 6.45) is 6.98. The van der Waals surface area contributed by atoms with Crippen molar-refractivity contribution in [2.45, 2.75) is 50.4 Å². The molecular formula is C15H27BN2O4. The molecule has 2 unspecified atom stereocenters. The van der Waals surface area contributed by atoms with E-state index in [-0.39, 0.29) is 12.2 Å². The molecule has 0 aromatic heterocycles.